The van der Waals surface area contributed by atoms with Crippen LogP contribution in [0.2, 0.25) is 0 Å². The quantitative estimate of drug-likeness (QED) is 0.675. The molecule has 1 amide bonds. The Morgan fingerprint density at radius 2 is 2.36 bits per heavy atom. The highest BCUT2D eigenvalue weighted by molar-refractivity contribution is 5.76. The third-order valence-electron chi connectivity index (χ3n) is 1.45. The minimum absolute atomic E-state index is 0.0642. The van der Waals surface area contributed by atoms with Crippen molar-refractivity contribution in [3.8, 4) is 0 Å². The smallest absolute Gasteiger partial charge is 0.405 e. The Hall–Kier alpha value is -2.05. The summed E-state index contributed by atoms with van der Waals surface area (Å²) in [5, 5.41) is 12.4. The lowest BCUT2D eigenvalue weighted by atomic mass is 10.3. The van der Waals surface area contributed by atoms with Gasteiger partial charge in [-0.25, -0.2) is 9.59 Å². The number of hydrogen-bond acceptors (Lipinski definition) is 4. The Labute approximate surface area is 79.1 Å². The second-order valence-electron chi connectivity index (χ2n) is 2.49. The highest BCUT2D eigenvalue weighted by Crippen LogP contribution is 1.97. The lowest BCUT2D eigenvalue weighted by Crippen LogP contribution is -2.33. The molecule has 0 aliphatic heterocycles. The number of carboxylic acids is 1. The van der Waals surface area contributed by atoms with Crippen LogP contribution in [0.15, 0.2) is 18.5 Å². The van der Waals surface area contributed by atoms with Crippen molar-refractivity contribution in [3.05, 3.63) is 18.5 Å². The van der Waals surface area contributed by atoms with Crippen LogP contribution in [0, 0.1) is 0 Å². The molecular formula is C7H9N3O4. The van der Waals surface area contributed by atoms with Gasteiger partial charge in [-0.05, 0) is 6.07 Å². The number of rotatable bonds is 4. The van der Waals surface area contributed by atoms with Gasteiger partial charge in [0.25, 0.3) is 0 Å². The fourth-order valence-corrected chi connectivity index (χ4v) is 0.884. The van der Waals surface area contributed by atoms with Gasteiger partial charge in [-0.2, -0.15) is 5.10 Å². The summed E-state index contributed by atoms with van der Waals surface area (Å²) in [5.74, 6) is -1.26. The van der Waals surface area contributed by atoms with E-state index < -0.39 is 18.2 Å². The van der Waals surface area contributed by atoms with E-state index in [1.165, 1.54) is 10.9 Å². The lowest BCUT2D eigenvalue weighted by molar-refractivity contribution is -0.147. The molecule has 0 aromatic carbocycles. The van der Waals surface area contributed by atoms with Gasteiger partial charge < -0.3 is 15.6 Å². The molecule has 1 aromatic rings. The topological polar surface area (TPSA) is 107 Å². The van der Waals surface area contributed by atoms with Gasteiger partial charge in [0.15, 0.2) is 0 Å². The molecule has 0 radical (unpaired) electrons. The van der Waals surface area contributed by atoms with E-state index in [9.17, 15) is 9.59 Å². The van der Waals surface area contributed by atoms with E-state index in [1.54, 1.807) is 12.3 Å². The molecule has 1 unspecified atom stereocenters. The first-order chi connectivity index (χ1) is 6.59. The Bertz CT molecular complexity index is 322. The van der Waals surface area contributed by atoms with Crippen molar-refractivity contribution in [1.82, 2.24) is 9.78 Å². The van der Waals surface area contributed by atoms with Crippen molar-refractivity contribution in [2.24, 2.45) is 5.73 Å². The van der Waals surface area contributed by atoms with Crippen molar-refractivity contribution in [2.75, 3.05) is 0 Å². The molecule has 0 saturated carbocycles. The maximum absolute atomic E-state index is 10.6. The predicted octanol–water partition coefficient (Wildman–Crippen LogP) is -0.568. The van der Waals surface area contributed by atoms with Crippen LogP contribution in [0.1, 0.15) is 0 Å². The number of primary amides is 1. The van der Waals surface area contributed by atoms with Crippen molar-refractivity contribution < 1.29 is 19.4 Å². The molecule has 1 aromatic heterocycles. The molecular weight excluding hydrogens is 190 g/mol. The third kappa shape index (κ3) is 2.77. The Morgan fingerprint density at radius 3 is 2.79 bits per heavy atom. The summed E-state index contributed by atoms with van der Waals surface area (Å²) >= 11 is 0. The van der Waals surface area contributed by atoms with Crippen molar-refractivity contribution >= 4 is 12.1 Å². The fraction of sp³-hybridized carbons (Fsp3) is 0.286. The SMILES string of the molecule is NC(=O)OC(Cn1cccn1)C(=O)O. The van der Waals surface area contributed by atoms with E-state index in [0.29, 0.717) is 0 Å². The number of aromatic nitrogens is 2. The number of amides is 1. The van der Waals surface area contributed by atoms with Crippen molar-refractivity contribution in [2.45, 2.75) is 12.6 Å². The van der Waals surface area contributed by atoms with E-state index in [-0.39, 0.29) is 6.54 Å². The normalized spacial score (nSPS) is 12.0. The summed E-state index contributed by atoms with van der Waals surface area (Å²) in [5.41, 5.74) is 4.71. The second kappa shape index (κ2) is 4.26. The minimum Gasteiger partial charge on any atom is -0.478 e. The number of aliphatic carboxylic acids is 1. The molecule has 14 heavy (non-hydrogen) atoms. The second-order valence-corrected chi connectivity index (χ2v) is 2.49. The summed E-state index contributed by atoms with van der Waals surface area (Å²) in [6, 6.07) is 1.63. The molecule has 7 nitrogen and oxygen atoms in total. The van der Waals surface area contributed by atoms with E-state index >= 15 is 0 Å². The zero-order valence-corrected chi connectivity index (χ0v) is 7.16. The molecule has 0 aliphatic rings. The molecule has 0 fully saturated rings. The number of nitrogens with two attached hydrogens (primary N) is 1. The molecule has 0 spiro atoms. The van der Waals surface area contributed by atoms with Gasteiger partial charge in [0.1, 0.15) is 0 Å². The van der Waals surface area contributed by atoms with Crippen LogP contribution in [0.25, 0.3) is 0 Å². The Balaban J connectivity index is 2.60. The van der Waals surface area contributed by atoms with Crippen LogP contribution >= 0.6 is 0 Å². The highest BCUT2D eigenvalue weighted by atomic mass is 16.6. The van der Waals surface area contributed by atoms with Gasteiger partial charge in [-0.15, -0.1) is 0 Å². The number of hydrogen-bond donors (Lipinski definition) is 2. The molecule has 3 N–H and O–H groups in total. The first-order valence-electron chi connectivity index (χ1n) is 3.76. The van der Waals surface area contributed by atoms with Crippen LogP contribution in [-0.4, -0.2) is 33.1 Å². The van der Waals surface area contributed by atoms with Gasteiger partial charge in [-0.3, -0.25) is 4.68 Å². The Kier molecular flexibility index (Phi) is 3.05. The average Bonchev–Trinajstić information content (AvgIpc) is 2.54. The molecule has 0 saturated heterocycles. The molecule has 0 bridgehead atoms. The summed E-state index contributed by atoms with van der Waals surface area (Å²) in [6.45, 7) is -0.0642. The maximum atomic E-state index is 10.6. The fourth-order valence-electron chi connectivity index (χ4n) is 0.884. The zero-order valence-electron chi connectivity index (χ0n) is 7.16. The molecule has 7 heteroatoms. The lowest BCUT2D eigenvalue weighted by Gasteiger charge is -2.11. The average molecular weight is 199 g/mol. The van der Waals surface area contributed by atoms with E-state index in [1.807, 2.05) is 0 Å². The standard InChI is InChI=1S/C7H9N3O4/c8-7(13)14-5(6(11)12)4-10-3-1-2-9-10/h1-3,5H,4H2,(H2,8,13)(H,11,12). The molecule has 76 valence electrons. The van der Waals surface area contributed by atoms with Gasteiger partial charge in [0.2, 0.25) is 6.10 Å². The maximum Gasteiger partial charge on any atom is 0.405 e. The van der Waals surface area contributed by atoms with Crippen molar-refractivity contribution in [3.63, 3.8) is 0 Å². The predicted molar refractivity (Wildman–Crippen MR) is 44.3 cm³/mol. The molecule has 1 atom stereocenters. The number of carbonyl (C=O) groups is 2. The summed E-state index contributed by atoms with van der Waals surface area (Å²) in [7, 11) is 0. The van der Waals surface area contributed by atoms with Crippen LogP contribution in [0.3, 0.4) is 0 Å². The van der Waals surface area contributed by atoms with Gasteiger partial charge >= 0.3 is 12.1 Å². The van der Waals surface area contributed by atoms with E-state index in [4.69, 9.17) is 10.8 Å². The minimum atomic E-state index is -1.31. The van der Waals surface area contributed by atoms with E-state index in [0.717, 1.165) is 0 Å². The largest absolute Gasteiger partial charge is 0.478 e. The van der Waals surface area contributed by atoms with Crippen LogP contribution in [-0.2, 0) is 16.1 Å². The number of carbonyl (C=O) groups excluding carboxylic acids is 1. The first-order valence-corrected chi connectivity index (χ1v) is 3.76. The van der Waals surface area contributed by atoms with Crippen LogP contribution in [0.4, 0.5) is 4.79 Å². The van der Waals surface area contributed by atoms with E-state index in [2.05, 4.69) is 9.84 Å². The first kappa shape index (κ1) is 10.0. The van der Waals surface area contributed by atoms with Crippen LogP contribution < -0.4 is 5.73 Å². The van der Waals surface area contributed by atoms with Gasteiger partial charge in [-0.1, -0.05) is 0 Å². The third-order valence-corrected chi connectivity index (χ3v) is 1.45. The molecule has 1 rings (SSSR count). The van der Waals surface area contributed by atoms with Gasteiger partial charge in [0.05, 0.1) is 6.54 Å². The van der Waals surface area contributed by atoms with Crippen LogP contribution in [0.5, 0.6) is 0 Å². The number of ether oxygens (including phenoxy) is 1. The van der Waals surface area contributed by atoms with Gasteiger partial charge in [0, 0.05) is 12.4 Å². The number of carboxylic acid groups (broad SMARTS) is 1. The molecule has 1 heterocycles. The Morgan fingerprint density at radius 1 is 1.64 bits per heavy atom. The number of nitrogens with zero attached hydrogens (tertiary/aromatic N) is 2. The summed E-state index contributed by atoms with van der Waals surface area (Å²) in [4.78, 5) is 20.9. The highest BCUT2D eigenvalue weighted by Gasteiger charge is 2.21. The van der Waals surface area contributed by atoms with Crippen molar-refractivity contribution in [1.29, 1.82) is 0 Å². The summed E-state index contributed by atoms with van der Waals surface area (Å²) in [6.07, 6.45) is 0.612. The zero-order chi connectivity index (χ0) is 10.6. The monoisotopic (exact) mass is 199 g/mol. The summed E-state index contributed by atoms with van der Waals surface area (Å²) < 4.78 is 5.70. The molecule has 0 aliphatic carbocycles.